The molecule has 0 amide bonds. The van der Waals surface area contributed by atoms with E-state index in [9.17, 15) is 0 Å². The van der Waals surface area contributed by atoms with E-state index in [0.29, 0.717) is 15.9 Å². The fraction of sp³-hybridized carbons (Fsp3) is 0.211. The smallest absolute Gasteiger partial charge is 0.219 e. The van der Waals surface area contributed by atoms with Crippen LogP contribution in [0.4, 0.5) is 0 Å². The Morgan fingerprint density at radius 1 is 0.962 bits per heavy atom. The predicted octanol–water partition coefficient (Wildman–Crippen LogP) is 6.11. The molecule has 134 valence electrons. The third-order valence-electron chi connectivity index (χ3n) is 3.85. The first-order chi connectivity index (χ1) is 12.5. The second kappa shape index (κ2) is 8.67. The number of pyridine rings is 1. The van der Waals surface area contributed by atoms with Gasteiger partial charge in [0.15, 0.2) is 5.15 Å². The van der Waals surface area contributed by atoms with Crippen LogP contribution in [0.1, 0.15) is 23.2 Å². The van der Waals surface area contributed by atoms with Gasteiger partial charge in [0.1, 0.15) is 12.1 Å². The molecule has 0 radical (unpaired) electrons. The minimum absolute atomic E-state index is 0.289. The molecule has 0 fully saturated rings. The minimum Gasteiger partial charge on any atom is -0.439 e. The van der Waals surface area contributed by atoms with Crippen LogP contribution in [0.5, 0.6) is 11.6 Å². The van der Waals surface area contributed by atoms with E-state index in [0.717, 1.165) is 41.8 Å². The first-order valence-electron chi connectivity index (χ1n) is 8.07. The third-order valence-corrected chi connectivity index (χ3v) is 4.86. The summed E-state index contributed by atoms with van der Waals surface area (Å²) in [6.45, 7) is 1.94. The lowest BCUT2D eigenvalue weighted by Gasteiger charge is -2.09. The van der Waals surface area contributed by atoms with Gasteiger partial charge in [-0.05, 0) is 55.5 Å². The van der Waals surface area contributed by atoms with E-state index < -0.39 is 0 Å². The summed E-state index contributed by atoms with van der Waals surface area (Å²) in [5.41, 5.74) is 2.84. The predicted molar refractivity (Wildman–Crippen MR) is 105 cm³/mol. The van der Waals surface area contributed by atoms with Crippen LogP contribution in [0, 0.1) is 6.92 Å². The maximum Gasteiger partial charge on any atom is 0.219 e. The number of aryl methyl sites for hydroxylation is 3. The van der Waals surface area contributed by atoms with Crippen LogP contribution < -0.4 is 4.74 Å². The van der Waals surface area contributed by atoms with Gasteiger partial charge in [-0.25, -0.2) is 15.0 Å². The van der Waals surface area contributed by atoms with Crippen molar-refractivity contribution in [2.75, 3.05) is 0 Å². The standard InChI is InChI=1S/C19H16Cl3N3O/c1-12-9-14(20)6-7-16(12)26-17-8-5-13(10-23-17)3-2-4-15-18(21)19(22)25-11-24-15/h5-11H,2-4H2,1H3. The molecule has 0 atom stereocenters. The highest BCUT2D eigenvalue weighted by atomic mass is 35.5. The van der Waals surface area contributed by atoms with E-state index >= 15 is 0 Å². The monoisotopic (exact) mass is 407 g/mol. The summed E-state index contributed by atoms with van der Waals surface area (Å²) < 4.78 is 5.80. The van der Waals surface area contributed by atoms with E-state index in [2.05, 4.69) is 15.0 Å². The minimum atomic E-state index is 0.289. The summed E-state index contributed by atoms with van der Waals surface area (Å²) in [6.07, 6.45) is 5.70. The molecule has 0 aliphatic heterocycles. The summed E-state index contributed by atoms with van der Waals surface area (Å²) in [5, 5.41) is 1.40. The first-order valence-corrected chi connectivity index (χ1v) is 9.20. The zero-order chi connectivity index (χ0) is 18.5. The van der Waals surface area contributed by atoms with Gasteiger partial charge in [-0.1, -0.05) is 40.9 Å². The highest BCUT2D eigenvalue weighted by Crippen LogP contribution is 2.26. The van der Waals surface area contributed by atoms with Crippen molar-refractivity contribution in [2.24, 2.45) is 0 Å². The molecule has 2 aromatic heterocycles. The largest absolute Gasteiger partial charge is 0.439 e. The lowest BCUT2D eigenvalue weighted by Crippen LogP contribution is -1.97. The third kappa shape index (κ3) is 4.85. The second-order valence-electron chi connectivity index (χ2n) is 5.80. The lowest BCUT2D eigenvalue weighted by molar-refractivity contribution is 0.459. The van der Waals surface area contributed by atoms with Gasteiger partial charge in [-0.15, -0.1) is 0 Å². The number of aromatic nitrogens is 3. The van der Waals surface area contributed by atoms with E-state index in [-0.39, 0.29) is 5.15 Å². The summed E-state index contributed by atoms with van der Waals surface area (Å²) in [6, 6.07) is 9.35. The molecule has 0 aliphatic carbocycles. The molecular formula is C19H16Cl3N3O. The maximum absolute atomic E-state index is 6.10. The number of benzene rings is 1. The van der Waals surface area contributed by atoms with Crippen LogP contribution in [-0.2, 0) is 12.8 Å². The van der Waals surface area contributed by atoms with Crippen molar-refractivity contribution < 1.29 is 4.74 Å². The number of hydrogen-bond donors (Lipinski definition) is 0. The Morgan fingerprint density at radius 3 is 2.54 bits per heavy atom. The molecule has 7 heteroatoms. The van der Waals surface area contributed by atoms with Crippen molar-refractivity contribution in [3.05, 3.63) is 74.9 Å². The van der Waals surface area contributed by atoms with Crippen LogP contribution in [0.2, 0.25) is 15.2 Å². The fourth-order valence-electron chi connectivity index (χ4n) is 2.48. The van der Waals surface area contributed by atoms with Gasteiger partial charge in [0.25, 0.3) is 0 Å². The first kappa shape index (κ1) is 18.9. The summed E-state index contributed by atoms with van der Waals surface area (Å²) in [7, 11) is 0. The van der Waals surface area contributed by atoms with Gasteiger partial charge in [-0.2, -0.15) is 0 Å². The number of halogens is 3. The SMILES string of the molecule is Cc1cc(Cl)ccc1Oc1ccc(CCCc2ncnc(Cl)c2Cl)cn1. The number of nitrogens with zero attached hydrogens (tertiary/aromatic N) is 3. The summed E-state index contributed by atoms with van der Waals surface area (Å²) in [4.78, 5) is 12.4. The molecule has 4 nitrogen and oxygen atoms in total. The molecule has 0 bridgehead atoms. The van der Waals surface area contributed by atoms with Gasteiger partial charge in [0, 0.05) is 17.3 Å². The topological polar surface area (TPSA) is 47.9 Å². The van der Waals surface area contributed by atoms with E-state index in [4.69, 9.17) is 39.5 Å². The molecule has 26 heavy (non-hydrogen) atoms. The Kier molecular flexibility index (Phi) is 6.30. The number of ether oxygens (including phenoxy) is 1. The molecular weight excluding hydrogens is 393 g/mol. The van der Waals surface area contributed by atoms with Crippen molar-refractivity contribution in [1.82, 2.24) is 15.0 Å². The van der Waals surface area contributed by atoms with Crippen LogP contribution >= 0.6 is 34.8 Å². The van der Waals surface area contributed by atoms with Crippen molar-refractivity contribution in [2.45, 2.75) is 26.2 Å². The Balaban J connectivity index is 1.57. The normalized spacial score (nSPS) is 10.8. The van der Waals surface area contributed by atoms with Crippen LogP contribution in [0.25, 0.3) is 0 Å². The van der Waals surface area contributed by atoms with Crippen molar-refractivity contribution in [3.8, 4) is 11.6 Å². The fourth-order valence-corrected chi connectivity index (χ4v) is 3.05. The second-order valence-corrected chi connectivity index (χ2v) is 6.97. The van der Waals surface area contributed by atoms with E-state index in [1.165, 1.54) is 6.33 Å². The highest BCUT2D eigenvalue weighted by molar-refractivity contribution is 6.41. The quantitative estimate of drug-likeness (QED) is 0.462. The van der Waals surface area contributed by atoms with Crippen LogP contribution in [0.3, 0.4) is 0 Å². The zero-order valence-corrected chi connectivity index (χ0v) is 16.3. The molecule has 0 saturated carbocycles. The Bertz CT molecular complexity index is 901. The van der Waals surface area contributed by atoms with Crippen LogP contribution in [0.15, 0.2) is 42.9 Å². The Morgan fingerprint density at radius 2 is 1.81 bits per heavy atom. The molecule has 0 saturated heterocycles. The van der Waals surface area contributed by atoms with Crippen molar-refractivity contribution >= 4 is 34.8 Å². The molecule has 0 N–H and O–H groups in total. The zero-order valence-electron chi connectivity index (χ0n) is 14.0. The lowest BCUT2D eigenvalue weighted by atomic mass is 10.1. The van der Waals surface area contributed by atoms with Gasteiger partial charge in [-0.3, -0.25) is 0 Å². The number of hydrogen-bond acceptors (Lipinski definition) is 4. The van der Waals surface area contributed by atoms with Gasteiger partial charge >= 0.3 is 0 Å². The summed E-state index contributed by atoms with van der Waals surface area (Å²) in [5.74, 6) is 1.29. The van der Waals surface area contributed by atoms with E-state index in [1.54, 1.807) is 6.07 Å². The summed E-state index contributed by atoms with van der Waals surface area (Å²) >= 11 is 18.0. The van der Waals surface area contributed by atoms with Gasteiger partial charge < -0.3 is 4.74 Å². The molecule has 0 spiro atoms. The molecule has 0 unspecified atom stereocenters. The van der Waals surface area contributed by atoms with Crippen molar-refractivity contribution in [3.63, 3.8) is 0 Å². The number of rotatable bonds is 6. The molecule has 3 rings (SSSR count). The Labute approximate surface area is 167 Å². The molecule has 2 heterocycles. The molecule has 1 aromatic carbocycles. The average Bonchev–Trinajstić information content (AvgIpc) is 2.62. The Hall–Kier alpha value is -1.88. The highest BCUT2D eigenvalue weighted by Gasteiger charge is 2.08. The molecule has 0 aliphatic rings. The maximum atomic E-state index is 6.10. The van der Waals surface area contributed by atoms with Crippen LogP contribution in [-0.4, -0.2) is 15.0 Å². The van der Waals surface area contributed by atoms with E-state index in [1.807, 2.05) is 37.4 Å². The van der Waals surface area contributed by atoms with Gasteiger partial charge in [0.05, 0.1) is 10.7 Å². The molecule has 3 aromatic rings. The van der Waals surface area contributed by atoms with Crippen molar-refractivity contribution in [1.29, 1.82) is 0 Å². The van der Waals surface area contributed by atoms with Gasteiger partial charge in [0.2, 0.25) is 5.88 Å². The average molecular weight is 409 g/mol.